The number of halogens is 2. The molecular weight excluding hydrogens is 393 g/mol. The number of benzene rings is 2. The van der Waals surface area contributed by atoms with Crippen molar-refractivity contribution >= 4 is 46.6 Å². The summed E-state index contributed by atoms with van der Waals surface area (Å²) >= 11 is 14.0. The van der Waals surface area contributed by atoms with Crippen molar-refractivity contribution in [2.24, 2.45) is 0 Å². The highest BCUT2D eigenvalue weighted by molar-refractivity contribution is 7.99. The molecule has 0 saturated heterocycles. The monoisotopic (exact) mass is 411 g/mol. The molecule has 1 aliphatic rings. The van der Waals surface area contributed by atoms with E-state index in [0.29, 0.717) is 52.0 Å². The van der Waals surface area contributed by atoms with Crippen molar-refractivity contribution in [2.45, 2.75) is 19.6 Å². The number of nitrogens with one attached hydrogen (secondary N) is 1. The molecule has 138 valence electrons. The van der Waals surface area contributed by atoms with Gasteiger partial charge >= 0.3 is 0 Å². The Labute approximate surface area is 167 Å². The molecule has 0 saturated carbocycles. The first-order valence-corrected chi connectivity index (χ1v) is 10.1. The van der Waals surface area contributed by atoms with E-state index in [4.69, 9.17) is 32.7 Å². The Balaban J connectivity index is 1.57. The highest BCUT2D eigenvalue weighted by atomic mass is 35.5. The van der Waals surface area contributed by atoms with Crippen LogP contribution in [-0.4, -0.2) is 24.9 Å². The summed E-state index contributed by atoms with van der Waals surface area (Å²) in [5.41, 5.74) is 3.68. The van der Waals surface area contributed by atoms with Crippen LogP contribution in [0.25, 0.3) is 0 Å². The number of carbonyl (C=O) groups is 1. The van der Waals surface area contributed by atoms with Crippen molar-refractivity contribution in [1.82, 2.24) is 0 Å². The molecule has 26 heavy (non-hydrogen) atoms. The van der Waals surface area contributed by atoms with Gasteiger partial charge in [0.05, 0.1) is 21.5 Å². The Morgan fingerprint density at radius 3 is 2.65 bits per heavy atom. The highest BCUT2D eigenvalue weighted by Crippen LogP contribution is 2.39. The summed E-state index contributed by atoms with van der Waals surface area (Å²) < 4.78 is 11.1. The minimum atomic E-state index is -0.0903. The zero-order valence-electron chi connectivity index (χ0n) is 14.5. The van der Waals surface area contributed by atoms with E-state index >= 15 is 0 Å². The molecule has 0 radical (unpaired) electrons. The number of ether oxygens (including phenoxy) is 2. The smallest absolute Gasteiger partial charge is 0.234 e. The Hall–Kier alpha value is -1.56. The second kappa shape index (κ2) is 8.42. The number of amides is 1. The van der Waals surface area contributed by atoms with Crippen LogP contribution >= 0.6 is 35.0 Å². The van der Waals surface area contributed by atoms with Crippen molar-refractivity contribution in [3.63, 3.8) is 0 Å². The lowest BCUT2D eigenvalue weighted by Gasteiger charge is -2.20. The van der Waals surface area contributed by atoms with Crippen LogP contribution in [0, 0.1) is 13.8 Å². The fourth-order valence-electron chi connectivity index (χ4n) is 2.76. The summed E-state index contributed by atoms with van der Waals surface area (Å²) in [6, 6.07) is 7.59. The summed E-state index contributed by atoms with van der Waals surface area (Å²) in [5.74, 6) is 2.12. The van der Waals surface area contributed by atoms with Gasteiger partial charge in [0.1, 0.15) is 13.2 Å². The maximum Gasteiger partial charge on any atom is 0.234 e. The lowest BCUT2D eigenvalue weighted by Crippen LogP contribution is -2.16. The van der Waals surface area contributed by atoms with Crippen LogP contribution in [0.5, 0.6) is 11.5 Å². The SMILES string of the molecule is Cc1cc(C)c(NC(=O)CSCc2cc(Cl)c3c(c2)OCCO3)c(Cl)c1. The van der Waals surface area contributed by atoms with Gasteiger partial charge in [0, 0.05) is 5.75 Å². The third kappa shape index (κ3) is 4.58. The number of hydrogen-bond donors (Lipinski definition) is 1. The third-order valence-corrected chi connectivity index (χ3v) is 5.44. The zero-order valence-corrected chi connectivity index (χ0v) is 16.9. The molecule has 1 aliphatic heterocycles. The third-order valence-electron chi connectivity index (χ3n) is 3.85. The Morgan fingerprint density at radius 2 is 1.88 bits per heavy atom. The van der Waals surface area contributed by atoms with Crippen molar-refractivity contribution in [1.29, 1.82) is 0 Å². The van der Waals surface area contributed by atoms with Gasteiger partial charge in [0.2, 0.25) is 5.91 Å². The summed E-state index contributed by atoms with van der Waals surface area (Å²) in [4.78, 5) is 12.2. The van der Waals surface area contributed by atoms with Crippen molar-refractivity contribution < 1.29 is 14.3 Å². The Bertz CT molecular complexity index is 819. The predicted octanol–water partition coefficient (Wildman–Crippen LogP) is 5.25. The van der Waals surface area contributed by atoms with Gasteiger partial charge in [-0.25, -0.2) is 0 Å². The second-order valence-electron chi connectivity index (χ2n) is 6.08. The molecule has 2 aromatic rings. The zero-order chi connectivity index (χ0) is 18.7. The molecule has 0 aliphatic carbocycles. The second-order valence-corrected chi connectivity index (χ2v) is 7.88. The molecule has 0 spiro atoms. The normalized spacial score (nSPS) is 12.8. The number of aryl methyl sites for hydroxylation is 2. The molecule has 0 bridgehead atoms. The van der Waals surface area contributed by atoms with Gasteiger partial charge < -0.3 is 14.8 Å². The van der Waals surface area contributed by atoms with Gasteiger partial charge in [-0.3, -0.25) is 4.79 Å². The highest BCUT2D eigenvalue weighted by Gasteiger charge is 2.17. The minimum absolute atomic E-state index is 0.0903. The van der Waals surface area contributed by atoms with Gasteiger partial charge in [-0.1, -0.05) is 29.3 Å². The first-order chi connectivity index (χ1) is 12.4. The summed E-state index contributed by atoms with van der Waals surface area (Å²) in [6.45, 7) is 4.92. The fraction of sp³-hybridized carbons (Fsp3) is 0.316. The van der Waals surface area contributed by atoms with E-state index in [1.807, 2.05) is 38.1 Å². The molecule has 7 heteroatoms. The minimum Gasteiger partial charge on any atom is -0.486 e. The van der Waals surface area contributed by atoms with Gasteiger partial charge in [-0.05, 0) is 48.7 Å². The standard InChI is InChI=1S/C19H19Cl2NO3S/c1-11-5-12(2)18(14(20)6-11)22-17(23)10-26-9-13-7-15(21)19-16(8-13)24-3-4-25-19/h5-8H,3-4,9-10H2,1-2H3,(H,22,23). The predicted molar refractivity (Wildman–Crippen MR) is 108 cm³/mol. The Morgan fingerprint density at radius 1 is 1.12 bits per heavy atom. The number of fused-ring (bicyclic) bond motifs is 1. The van der Waals surface area contributed by atoms with Crippen LogP contribution in [0.2, 0.25) is 10.0 Å². The van der Waals surface area contributed by atoms with Crippen molar-refractivity contribution in [3.8, 4) is 11.5 Å². The van der Waals surface area contributed by atoms with E-state index in [2.05, 4.69) is 5.32 Å². The van der Waals surface area contributed by atoms with Crippen LogP contribution in [0.1, 0.15) is 16.7 Å². The largest absolute Gasteiger partial charge is 0.486 e. The quantitative estimate of drug-likeness (QED) is 0.729. The number of rotatable bonds is 5. The van der Waals surface area contributed by atoms with Crippen LogP contribution in [0.3, 0.4) is 0 Å². The average molecular weight is 412 g/mol. The first kappa shape index (κ1) is 19.2. The number of thioether (sulfide) groups is 1. The number of carbonyl (C=O) groups excluding carboxylic acids is 1. The maximum atomic E-state index is 12.2. The van der Waals surface area contributed by atoms with E-state index in [9.17, 15) is 4.79 Å². The van der Waals surface area contributed by atoms with E-state index < -0.39 is 0 Å². The molecule has 1 heterocycles. The molecule has 4 nitrogen and oxygen atoms in total. The molecule has 3 rings (SSSR count). The van der Waals surface area contributed by atoms with E-state index in [0.717, 1.165) is 16.7 Å². The first-order valence-electron chi connectivity index (χ1n) is 8.16. The van der Waals surface area contributed by atoms with E-state index in [1.165, 1.54) is 11.8 Å². The molecule has 2 aromatic carbocycles. The molecule has 0 aromatic heterocycles. The molecule has 1 N–H and O–H groups in total. The van der Waals surface area contributed by atoms with Crippen LogP contribution in [-0.2, 0) is 10.5 Å². The molecule has 0 unspecified atom stereocenters. The molecule has 0 fully saturated rings. The summed E-state index contributed by atoms with van der Waals surface area (Å²) in [6.07, 6.45) is 0. The molecule has 0 atom stereocenters. The summed E-state index contributed by atoms with van der Waals surface area (Å²) in [7, 11) is 0. The number of hydrogen-bond acceptors (Lipinski definition) is 4. The van der Waals surface area contributed by atoms with Crippen LogP contribution in [0.15, 0.2) is 24.3 Å². The van der Waals surface area contributed by atoms with Gasteiger partial charge in [0.15, 0.2) is 11.5 Å². The van der Waals surface area contributed by atoms with Gasteiger partial charge in [-0.2, -0.15) is 0 Å². The lowest BCUT2D eigenvalue weighted by atomic mass is 10.1. The number of anilines is 1. The van der Waals surface area contributed by atoms with Crippen LogP contribution in [0.4, 0.5) is 5.69 Å². The van der Waals surface area contributed by atoms with Crippen molar-refractivity contribution in [2.75, 3.05) is 24.3 Å². The maximum absolute atomic E-state index is 12.2. The van der Waals surface area contributed by atoms with E-state index in [1.54, 1.807) is 0 Å². The Kier molecular flexibility index (Phi) is 6.22. The lowest BCUT2D eigenvalue weighted by molar-refractivity contribution is -0.113. The van der Waals surface area contributed by atoms with Gasteiger partial charge in [-0.15, -0.1) is 11.8 Å². The molecule has 1 amide bonds. The van der Waals surface area contributed by atoms with E-state index in [-0.39, 0.29) is 5.91 Å². The van der Waals surface area contributed by atoms with Crippen LogP contribution < -0.4 is 14.8 Å². The van der Waals surface area contributed by atoms with Gasteiger partial charge in [0.25, 0.3) is 0 Å². The molecular formula is C19H19Cl2NO3S. The average Bonchev–Trinajstić information content (AvgIpc) is 2.58. The van der Waals surface area contributed by atoms with Crippen molar-refractivity contribution in [3.05, 3.63) is 51.0 Å². The fourth-order valence-corrected chi connectivity index (χ4v) is 4.18. The summed E-state index contributed by atoms with van der Waals surface area (Å²) in [5, 5.41) is 3.98. The topological polar surface area (TPSA) is 47.6 Å².